The average molecular weight is 332 g/mol. The van der Waals surface area contributed by atoms with Crippen LogP contribution < -0.4 is 5.32 Å². The largest absolute Gasteiger partial charge is 0.417 e. The number of benzene rings is 1. The zero-order chi connectivity index (χ0) is 15.9. The summed E-state index contributed by atoms with van der Waals surface area (Å²) in [5, 5.41) is 2.21. The molecule has 120 valence electrons. The van der Waals surface area contributed by atoms with E-state index in [1.807, 2.05) is 0 Å². The van der Waals surface area contributed by atoms with Gasteiger partial charge < -0.3 is 5.32 Å². The monoisotopic (exact) mass is 331 g/mol. The molecule has 0 aliphatic heterocycles. The molecule has 0 aromatic heterocycles. The molecule has 1 N–H and O–H groups in total. The summed E-state index contributed by atoms with van der Waals surface area (Å²) in [6.45, 7) is 0. The summed E-state index contributed by atoms with van der Waals surface area (Å²) >= 11 is 5.56. The summed E-state index contributed by atoms with van der Waals surface area (Å²) in [6.07, 6.45) is 0.591. The molecule has 0 spiro atoms. The second kappa shape index (κ2) is 5.76. The van der Waals surface area contributed by atoms with Crippen molar-refractivity contribution in [2.45, 2.75) is 38.3 Å². The Bertz CT molecular complexity index is 587. The van der Waals surface area contributed by atoms with E-state index in [2.05, 4.69) is 5.32 Å². The molecular weight excluding hydrogens is 315 g/mol. The van der Waals surface area contributed by atoms with Crippen LogP contribution in [0.1, 0.15) is 37.7 Å². The van der Waals surface area contributed by atoms with Gasteiger partial charge in [-0.3, -0.25) is 4.79 Å². The molecular formula is C16H17ClF3NO. The third-order valence-corrected chi connectivity index (χ3v) is 5.22. The molecule has 0 radical (unpaired) electrons. The second-order valence-corrected chi connectivity index (χ2v) is 6.79. The van der Waals surface area contributed by atoms with Gasteiger partial charge in [0.05, 0.1) is 10.6 Å². The highest BCUT2D eigenvalue weighted by Gasteiger charge is 2.40. The molecule has 3 rings (SSSR count). The van der Waals surface area contributed by atoms with E-state index < -0.39 is 11.7 Å². The van der Waals surface area contributed by atoms with Crippen LogP contribution in [-0.2, 0) is 11.0 Å². The van der Waals surface area contributed by atoms with E-state index in [1.165, 1.54) is 25.3 Å². The highest BCUT2D eigenvalue weighted by atomic mass is 35.5. The summed E-state index contributed by atoms with van der Waals surface area (Å²) < 4.78 is 38.4. The van der Waals surface area contributed by atoms with Crippen LogP contribution in [0.2, 0.25) is 5.02 Å². The van der Waals surface area contributed by atoms with E-state index in [-0.39, 0.29) is 16.6 Å². The fraction of sp³-hybridized carbons (Fsp3) is 0.562. The minimum absolute atomic E-state index is 0.143. The fourth-order valence-corrected chi connectivity index (χ4v) is 4.12. The number of halogens is 4. The van der Waals surface area contributed by atoms with Gasteiger partial charge in [0, 0.05) is 12.1 Å². The normalized spacial score (nSPS) is 27.2. The average Bonchev–Trinajstić information content (AvgIpc) is 3.02. The number of nitrogens with one attached hydrogen (secondary N) is 1. The SMILES string of the molecule is O=C(C[C@H]1C[C@H]2CC[C@H]1C2)Nc1ccc(Cl)c(C(F)(F)F)c1. The van der Waals surface area contributed by atoms with Crippen LogP contribution in [-0.4, -0.2) is 5.91 Å². The van der Waals surface area contributed by atoms with Crippen molar-refractivity contribution in [2.75, 3.05) is 5.32 Å². The first-order chi connectivity index (χ1) is 10.3. The lowest BCUT2D eigenvalue weighted by Gasteiger charge is -2.21. The van der Waals surface area contributed by atoms with Crippen molar-refractivity contribution in [1.29, 1.82) is 0 Å². The maximum atomic E-state index is 12.8. The van der Waals surface area contributed by atoms with E-state index in [9.17, 15) is 18.0 Å². The Morgan fingerprint density at radius 2 is 2.05 bits per heavy atom. The molecule has 0 saturated heterocycles. The zero-order valence-electron chi connectivity index (χ0n) is 11.9. The third kappa shape index (κ3) is 3.24. The molecule has 2 bridgehead atoms. The highest BCUT2D eigenvalue weighted by molar-refractivity contribution is 6.31. The van der Waals surface area contributed by atoms with Crippen LogP contribution in [0.5, 0.6) is 0 Å². The number of hydrogen-bond donors (Lipinski definition) is 1. The van der Waals surface area contributed by atoms with Crippen LogP contribution in [0.4, 0.5) is 18.9 Å². The molecule has 6 heteroatoms. The molecule has 22 heavy (non-hydrogen) atoms. The van der Waals surface area contributed by atoms with E-state index in [1.54, 1.807) is 0 Å². The van der Waals surface area contributed by atoms with Crippen molar-refractivity contribution < 1.29 is 18.0 Å². The van der Waals surface area contributed by atoms with Crippen LogP contribution in [0.15, 0.2) is 18.2 Å². The molecule has 1 aromatic carbocycles. The van der Waals surface area contributed by atoms with Gasteiger partial charge in [0.2, 0.25) is 5.91 Å². The highest BCUT2D eigenvalue weighted by Crippen LogP contribution is 2.49. The molecule has 0 unspecified atom stereocenters. The quantitative estimate of drug-likeness (QED) is 0.818. The second-order valence-electron chi connectivity index (χ2n) is 6.38. The maximum Gasteiger partial charge on any atom is 0.417 e. The Morgan fingerprint density at radius 3 is 2.64 bits per heavy atom. The lowest BCUT2D eigenvalue weighted by atomic mass is 9.86. The van der Waals surface area contributed by atoms with Gasteiger partial charge in [-0.15, -0.1) is 0 Å². The predicted octanol–water partition coefficient (Wildman–Crippen LogP) is 5.12. The number of carbonyl (C=O) groups is 1. The van der Waals surface area contributed by atoms with Crippen molar-refractivity contribution in [3.05, 3.63) is 28.8 Å². The van der Waals surface area contributed by atoms with E-state index >= 15 is 0 Å². The Labute approximate surface area is 132 Å². The van der Waals surface area contributed by atoms with Crippen molar-refractivity contribution in [3.63, 3.8) is 0 Å². The van der Waals surface area contributed by atoms with Crippen molar-refractivity contribution >= 4 is 23.2 Å². The predicted molar refractivity (Wildman–Crippen MR) is 78.6 cm³/mol. The lowest BCUT2D eigenvalue weighted by Crippen LogP contribution is -2.20. The van der Waals surface area contributed by atoms with Crippen LogP contribution in [0.3, 0.4) is 0 Å². The molecule has 1 amide bonds. The third-order valence-electron chi connectivity index (χ3n) is 4.89. The molecule has 2 aliphatic carbocycles. The summed E-state index contributed by atoms with van der Waals surface area (Å²) in [7, 11) is 0. The van der Waals surface area contributed by atoms with Crippen LogP contribution in [0.25, 0.3) is 0 Å². The lowest BCUT2D eigenvalue weighted by molar-refractivity contribution is -0.137. The van der Waals surface area contributed by atoms with Gasteiger partial charge in [0.15, 0.2) is 0 Å². The number of alkyl halides is 3. The Kier molecular flexibility index (Phi) is 4.10. The molecule has 2 nitrogen and oxygen atoms in total. The molecule has 3 atom stereocenters. The Hall–Kier alpha value is -1.23. The minimum atomic E-state index is -4.53. The van der Waals surface area contributed by atoms with Crippen LogP contribution >= 0.6 is 11.6 Å². The van der Waals surface area contributed by atoms with Gasteiger partial charge in [-0.25, -0.2) is 0 Å². The van der Waals surface area contributed by atoms with E-state index in [0.717, 1.165) is 24.5 Å². The number of carbonyl (C=O) groups excluding carboxylic acids is 1. The number of amides is 1. The summed E-state index contributed by atoms with van der Waals surface area (Å²) in [4.78, 5) is 12.1. The summed E-state index contributed by atoms with van der Waals surface area (Å²) in [6, 6.07) is 3.45. The van der Waals surface area contributed by atoms with Gasteiger partial charge in [-0.1, -0.05) is 18.0 Å². The Balaban J connectivity index is 1.64. The fourth-order valence-electron chi connectivity index (χ4n) is 3.90. The van der Waals surface area contributed by atoms with Gasteiger partial charge in [-0.2, -0.15) is 13.2 Å². The first kappa shape index (κ1) is 15.7. The summed E-state index contributed by atoms with van der Waals surface area (Å²) in [5.74, 6) is 1.53. The van der Waals surface area contributed by atoms with E-state index in [4.69, 9.17) is 11.6 Å². The first-order valence-corrected chi connectivity index (χ1v) is 7.87. The molecule has 0 heterocycles. The van der Waals surface area contributed by atoms with Crippen molar-refractivity contribution in [3.8, 4) is 0 Å². The smallest absolute Gasteiger partial charge is 0.326 e. The first-order valence-electron chi connectivity index (χ1n) is 7.49. The zero-order valence-corrected chi connectivity index (χ0v) is 12.7. The standard InChI is InChI=1S/C16H17ClF3NO/c17-14-4-3-12(8-13(14)16(18,19)20)21-15(22)7-11-6-9-1-2-10(11)5-9/h3-4,8-11H,1-2,5-7H2,(H,21,22)/t9-,10-,11+/m0/s1. The Morgan fingerprint density at radius 1 is 1.27 bits per heavy atom. The van der Waals surface area contributed by atoms with Crippen molar-refractivity contribution in [1.82, 2.24) is 0 Å². The molecule has 2 saturated carbocycles. The topological polar surface area (TPSA) is 29.1 Å². The minimum Gasteiger partial charge on any atom is -0.326 e. The van der Waals surface area contributed by atoms with Gasteiger partial charge in [0.1, 0.15) is 0 Å². The van der Waals surface area contributed by atoms with E-state index in [0.29, 0.717) is 18.3 Å². The van der Waals surface area contributed by atoms with Gasteiger partial charge in [-0.05, 0) is 55.2 Å². The maximum absolute atomic E-state index is 12.8. The number of fused-ring (bicyclic) bond motifs is 2. The molecule has 1 aromatic rings. The van der Waals surface area contributed by atoms with Gasteiger partial charge >= 0.3 is 6.18 Å². The van der Waals surface area contributed by atoms with Gasteiger partial charge in [0.25, 0.3) is 0 Å². The molecule has 2 fully saturated rings. The van der Waals surface area contributed by atoms with Crippen LogP contribution in [0, 0.1) is 17.8 Å². The number of anilines is 1. The number of rotatable bonds is 3. The van der Waals surface area contributed by atoms with Crippen molar-refractivity contribution in [2.24, 2.45) is 17.8 Å². The molecule has 2 aliphatic rings. The summed E-state index contributed by atoms with van der Waals surface area (Å²) in [5.41, 5.74) is -0.781. The number of hydrogen-bond acceptors (Lipinski definition) is 1.